The summed E-state index contributed by atoms with van der Waals surface area (Å²) in [4.78, 5) is 10.9. The van der Waals surface area contributed by atoms with Crippen molar-refractivity contribution in [3.63, 3.8) is 0 Å². The Morgan fingerprint density at radius 1 is 0.806 bits per heavy atom. The Morgan fingerprint density at radius 3 is 1.84 bits per heavy atom. The van der Waals surface area contributed by atoms with Crippen molar-refractivity contribution in [3.8, 4) is 0 Å². The van der Waals surface area contributed by atoms with Crippen molar-refractivity contribution in [2.45, 2.75) is 116 Å². The summed E-state index contributed by atoms with van der Waals surface area (Å²) in [5, 5.41) is 18.3. The van der Waals surface area contributed by atoms with Crippen molar-refractivity contribution in [1.82, 2.24) is 5.32 Å². The summed E-state index contributed by atoms with van der Waals surface area (Å²) < 4.78 is 0. The van der Waals surface area contributed by atoms with Gasteiger partial charge in [0.2, 0.25) is 0 Å². The van der Waals surface area contributed by atoms with Crippen LogP contribution >= 0.6 is 0 Å². The molecule has 31 heavy (non-hydrogen) atoms. The third-order valence-corrected chi connectivity index (χ3v) is 6.60. The van der Waals surface area contributed by atoms with Crippen molar-refractivity contribution >= 4 is 11.4 Å². The van der Waals surface area contributed by atoms with Crippen molar-refractivity contribution in [2.75, 3.05) is 18.4 Å². The lowest BCUT2D eigenvalue weighted by atomic mass is 9.92. The number of hydrogen-bond donors (Lipinski definition) is 2. The van der Waals surface area contributed by atoms with E-state index in [1.807, 2.05) is 6.07 Å². The number of rotatable bonds is 20. The summed E-state index contributed by atoms with van der Waals surface area (Å²) in [6.07, 6.45) is 18.3. The van der Waals surface area contributed by atoms with E-state index in [4.69, 9.17) is 0 Å². The number of anilines is 1. The molecule has 5 heteroatoms. The molecule has 0 saturated heterocycles. The smallest absolute Gasteiger partial charge is 0.292 e. The van der Waals surface area contributed by atoms with Gasteiger partial charge in [-0.05, 0) is 31.9 Å². The van der Waals surface area contributed by atoms with Crippen LogP contribution in [0.3, 0.4) is 0 Å². The second-order valence-electron chi connectivity index (χ2n) is 8.93. The second-order valence-corrected chi connectivity index (χ2v) is 8.93. The SMILES string of the molecule is CCCCCCCCCCCCCCNC(CC)(CC)CNc1ccccc1[N+](=O)[O-]. The molecule has 0 aliphatic heterocycles. The molecule has 5 nitrogen and oxygen atoms in total. The number of para-hydroxylation sites is 2. The molecule has 0 aromatic heterocycles. The van der Waals surface area contributed by atoms with Gasteiger partial charge in [0.05, 0.1) is 4.92 Å². The first-order valence-electron chi connectivity index (χ1n) is 12.8. The van der Waals surface area contributed by atoms with Crippen LogP contribution in [0.5, 0.6) is 0 Å². The fraction of sp³-hybridized carbons (Fsp3) is 0.769. The first kappa shape index (κ1) is 27.4. The van der Waals surface area contributed by atoms with Gasteiger partial charge in [0.15, 0.2) is 0 Å². The molecule has 1 aromatic rings. The predicted molar refractivity (Wildman–Crippen MR) is 134 cm³/mol. The van der Waals surface area contributed by atoms with Gasteiger partial charge >= 0.3 is 0 Å². The maximum atomic E-state index is 11.2. The Kier molecular flexibility index (Phi) is 15.0. The molecule has 0 amide bonds. The van der Waals surface area contributed by atoms with Crippen LogP contribution in [-0.4, -0.2) is 23.6 Å². The molecular formula is C26H47N3O2. The first-order valence-corrected chi connectivity index (χ1v) is 12.8. The summed E-state index contributed by atoms with van der Waals surface area (Å²) in [5.41, 5.74) is 0.720. The van der Waals surface area contributed by atoms with E-state index in [2.05, 4.69) is 31.4 Å². The standard InChI is InChI=1S/C26H47N3O2/c1-4-7-8-9-10-11-12-13-14-15-16-19-22-28-26(5-2,6-3)23-27-24-20-17-18-21-25(24)29(30)31/h17-18,20-21,27-28H,4-16,19,22-23H2,1-3H3. The zero-order valence-corrected chi connectivity index (χ0v) is 20.4. The van der Waals surface area contributed by atoms with Crippen molar-refractivity contribution in [1.29, 1.82) is 0 Å². The molecule has 0 spiro atoms. The highest BCUT2D eigenvalue weighted by molar-refractivity contribution is 5.61. The fourth-order valence-corrected chi connectivity index (χ4v) is 4.18. The van der Waals surface area contributed by atoms with Crippen LogP contribution in [0, 0.1) is 10.1 Å². The van der Waals surface area contributed by atoms with Crippen molar-refractivity contribution in [3.05, 3.63) is 34.4 Å². The molecule has 0 fully saturated rings. The van der Waals surface area contributed by atoms with Gasteiger partial charge in [0.25, 0.3) is 5.69 Å². The average molecular weight is 434 g/mol. The lowest BCUT2D eigenvalue weighted by Crippen LogP contribution is -2.50. The van der Waals surface area contributed by atoms with Gasteiger partial charge in [-0.15, -0.1) is 0 Å². The Balaban J connectivity index is 2.20. The highest BCUT2D eigenvalue weighted by Gasteiger charge is 2.26. The van der Waals surface area contributed by atoms with E-state index >= 15 is 0 Å². The van der Waals surface area contributed by atoms with Crippen LogP contribution in [0.2, 0.25) is 0 Å². The highest BCUT2D eigenvalue weighted by atomic mass is 16.6. The van der Waals surface area contributed by atoms with Crippen LogP contribution < -0.4 is 10.6 Å². The predicted octanol–water partition coefficient (Wildman–Crippen LogP) is 7.86. The molecule has 0 aliphatic rings. The Hall–Kier alpha value is -1.62. The zero-order chi connectivity index (χ0) is 22.8. The fourth-order valence-electron chi connectivity index (χ4n) is 4.18. The van der Waals surface area contributed by atoms with Crippen LogP contribution in [0.4, 0.5) is 11.4 Å². The maximum absolute atomic E-state index is 11.2. The minimum atomic E-state index is -0.318. The van der Waals surface area contributed by atoms with Crippen LogP contribution in [0.15, 0.2) is 24.3 Å². The molecule has 0 unspecified atom stereocenters. The van der Waals surface area contributed by atoms with Crippen molar-refractivity contribution in [2.24, 2.45) is 0 Å². The van der Waals surface area contributed by atoms with Gasteiger partial charge in [-0.2, -0.15) is 0 Å². The monoisotopic (exact) mass is 433 g/mol. The van der Waals surface area contributed by atoms with Crippen LogP contribution in [-0.2, 0) is 0 Å². The maximum Gasteiger partial charge on any atom is 0.292 e. The quantitative estimate of drug-likeness (QED) is 0.125. The van der Waals surface area contributed by atoms with E-state index in [0.717, 1.165) is 19.4 Å². The lowest BCUT2D eigenvalue weighted by molar-refractivity contribution is -0.384. The molecule has 1 rings (SSSR count). The number of nitro groups is 1. The van der Waals surface area contributed by atoms with Gasteiger partial charge in [-0.25, -0.2) is 0 Å². The molecule has 178 valence electrons. The Morgan fingerprint density at radius 2 is 1.32 bits per heavy atom. The molecule has 0 bridgehead atoms. The Labute approximate surface area is 190 Å². The highest BCUT2D eigenvalue weighted by Crippen LogP contribution is 2.25. The van der Waals surface area contributed by atoms with Gasteiger partial charge in [0.1, 0.15) is 5.69 Å². The average Bonchev–Trinajstić information content (AvgIpc) is 2.79. The first-order chi connectivity index (χ1) is 15.1. The van der Waals surface area contributed by atoms with E-state index < -0.39 is 0 Å². The molecule has 0 radical (unpaired) electrons. The van der Waals surface area contributed by atoms with Gasteiger partial charge in [-0.3, -0.25) is 10.1 Å². The zero-order valence-electron chi connectivity index (χ0n) is 20.4. The molecule has 0 aliphatic carbocycles. The summed E-state index contributed by atoms with van der Waals surface area (Å²) >= 11 is 0. The van der Waals surface area contributed by atoms with E-state index in [9.17, 15) is 10.1 Å². The van der Waals surface area contributed by atoms with Gasteiger partial charge < -0.3 is 10.6 Å². The molecule has 2 N–H and O–H groups in total. The molecule has 0 atom stereocenters. The topological polar surface area (TPSA) is 67.2 Å². The van der Waals surface area contributed by atoms with Crippen LogP contribution in [0.1, 0.15) is 111 Å². The number of hydrogen-bond acceptors (Lipinski definition) is 4. The van der Waals surface area contributed by atoms with E-state index in [-0.39, 0.29) is 16.1 Å². The third-order valence-electron chi connectivity index (χ3n) is 6.60. The van der Waals surface area contributed by atoms with E-state index in [0.29, 0.717) is 12.2 Å². The number of unbranched alkanes of at least 4 members (excludes halogenated alkanes) is 11. The molecule has 1 aromatic carbocycles. The van der Waals surface area contributed by atoms with Crippen molar-refractivity contribution < 1.29 is 4.92 Å². The third kappa shape index (κ3) is 11.5. The lowest BCUT2D eigenvalue weighted by Gasteiger charge is -2.34. The molecule has 0 heterocycles. The minimum absolute atomic E-state index is 0.0263. The number of nitrogens with one attached hydrogen (secondary N) is 2. The largest absolute Gasteiger partial charge is 0.378 e. The van der Waals surface area contributed by atoms with Gasteiger partial charge in [0, 0.05) is 18.2 Å². The minimum Gasteiger partial charge on any atom is -0.378 e. The number of nitro benzene ring substituents is 1. The van der Waals surface area contributed by atoms with Gasteiger partial charge in [-0.1, -0.05) is 104 Å². The summed E-state index contributed by atoms with van der Waals surface area (Å²) in [6, 6.07) is 6.90. The Bertz CT molecular complexity index is 588. The number of nitrogens with zero attached hydrogens (tertiary/aromatic N) is 1. The van der Waals surface area contributed by atoms with Crippen LogP contribution in [0.25, 0.3) is 0 Å². The second kappa shape index (κ2) is 17.0. The summed E-state index contributed by atoms with van der Waals surface area (Å²) in [5.74, 6) is 0. The molecule has 0 saturated carbocycles. The van der Waals surface area contributed by atoms with E-state index in [1.165, 1.54) is 77.0 Å². The van der Waals surface area contributed by atoms with E-state index in [1.54, 1.807) is 18.2 Å². The normalized spacial score (nSPS) is 11.6. The summed E-state index contributed by atoms with van der Waals surface area (Å²) in [7, 11) is 0. The number of benzene rings is 1. The summed E-state index contributed by atoms with van der Waals surface area (Å²) in [6.45, 7) is 8.37. The molecular weight excluding hydrogens is 386 g/mol.